The van der Waals surface area contributed by atoms with E-state index in [0.29, 0.717) is 13.1 Å². The Morgan fingerprint density at radius 2 is 2.12 bits per heavy atom. The van der Waals surface area contributed by atoms with E-state index >= 15 is 0 Å². The minimum atomic E-state index is -0.00613. The summed E-state index contributed by atoms with van der Waals surface area (Å²) in [6, 6.07) is 7.05. The van der Waals surface area contributed by atoms with E-state index < -0.39 is 0 Å². The van der Waals surface area contributed by atoms with Crippen molar-refractivity contribution in [1.82, 2.24) is 0 Å². The molecule has 0 saturated carbocycles. The molecule has 0 radical (unpaired) electrons. The maximum absolute atomic E-state index is 9.18. The van der Waals surface area contributed by atoms with E-state index in [1.807, 2.05) is 12.1 Å². The molecule has 0 spiro atoms. The maximum Gasteiger partial charge on any atom is 0.184 e. The lowest BCUT2D eigenvalue weighted by Crippen LogP contribution is -2.07. The van der Waals surface area contributed by atoms with Gasteiger partial charge in [-0.2, -0.15) is 0 Å². The fourth-order valence-electron chi connectivity index (χ4n) is 1.68. The van der Waals surface area contributed by atoms with Gasteiger partial charge < -0.3 is 15.6 Å². The molecule has 1 unspecified atom stereocenters. The van der Waals surface area contributed by atoms with Crippen LogP contribution in [0.25, 0.3) is 0 Å². The van der Waals surface area contributed by atoms with Gasteiger partial charge in [-0.3, -0.25) is 4.99 Å². The van der Waals surface area contributed by atoms with Crippen LogP contribution < -0.4 is 5.73 Å². The Balaban J connectivity index is 1.93. The van der Waals surface area contributed by atoms with Crippen LogP contribution in [-0.2, 0) is 4.74 Å². The lowest BCUT2D eigenvalue weighted by Gasteiger charge is -2.11. The molecule has 4 heteroatoms. The fourth-order valence-corrected chi connectivity index (χ4v) is 1.68. The van der Waals surface area contributed by atoms with E-state index in [1.54, 1.807) is 12.1 Å². The molecule has 0 bridgehead atoms. The van der Waals surface area contributed by atoms with E-state index in [2.05, 4.69) is 4.99 Å². The van der Waals surface area contributed by atoms with Crippen LogP contribution >= 0.6 is 0 Å². The average Bonchev–Trinajstić information content (AvgIpc) is 2.76. The molecule has 3 N–H and O–H groups in total. The molecule has 16 heavy (non-hydrogen) atoms. The van der Waals surface area contributed by atoms with Crippen molar-refractivity contribution < 1.29 is 9.84 Å². The summed E-state index contributed by atoms with van der Waals surface area (Å²) in [4.78, 5) is 4.33. The molecule has 2 rings (SSSR count). The summed E-state index contributed by atoms with van der Waals surface area (Å²) in [5, 5.41) is 9.18. The van der Waals surface area contributed by atoms with Crippen molar-refractivity contribution in [2.45, 2.75) is 18.9 Å². The molecule has 4 nitrogen and oxygen atoms in total. The third-order valence-electron chi connectivity index (χ3n) is 2.57. The predicted molar refractivity (Wildman–Crippen MR) is 62.5 cm³/mol. The van der Waals surface area contributed by atoms with E-state index in [4.69, 9.17) is 10.5 Å². The predicted octanol–water partition coefficient (Wildman–Crippen LogP) is 1.60. The van der Waals surface area contributed by atoms with E-state index in [9.17, 15) is 5.11 Å². The lowest BCUT2D eigenvalue weighted by molar-refractivity contribution is 0.223. The third kappa shape index (κ3) is 2.52. The van der Waals surface area contributed by atoms with E-state index in [0.717, 1.165) is 24.3 Å². The number of phenolic OH excluding ortho intramolecular Hbond substituents is 1. The van der Waals surface area contributed by atoms with Gasteiger partial charge in [0.15, 0.2) is 5.90 Å². The number of ether oxygens (including phenoxy) is 1. The molecule has 0 saturated heterocycles. The van der Waals surface area contributed by atoms with Crippen LogP contribution in [0.5, 0.6) is 5.75 Å². The van der Waals surface area contributed by atoms with Crippen LogP contribution in [0.3, 0.4) is 0 Å². The molecule has 1 heterocycles. The first-order valence-electron chi connectivity index (χ1n) is 5.48. The minimum Gasteiger partial charge on any atom is -0.508 e. The topological polar surface area (TPSA) is 67.8 Å². The molecular weight excluding hydrogens is 204 g/mol. The third-order valence-corrected chi connectivity index (χ3v) is 2.57. The van der Waals surface area contributed by atoms with Crippen LogP contribution in [0.15, 0.2) is 29.3 Å². The summed E-state index contributed by atoms with van der Waals surface area (Å²) in [6.45, 7) is 1.32. The first-order valence-corrected chi connectivity index (χ1v) is 5.48. The number of hydrogen-bond donors (Lipinski definition) is 2. The zero-order valence-electron chi connectivity index (χ0n) is 9.10. The second-order valence-electron chi connectivity index (χ2n) is 3.82. The highest BCUT2D eigenvalue weighted by Gasteiger charge is 2.20. The van der Waals surface area contributed by atoms with Gasteiger partial charge in [0.25, 0.3) is 0 Å². The largest absolute Gasteiger partial charge is 0.508 e. The Morgan fingerprint density at radius 3 is 2.81 bits per heavy atom. The highest BCUT2D eigenvalue weighted by molar-refractivity contribution is 5.77. The number of hydrogen-bond acceptors (Lipinski definition) is 4. The zero-order valence-corrected chi connectivity index (χ0v) is 9.10. The van der Waals surface area contributed by atoms with Crippen LogP contribution in [0.1, 0.15) is 24.5 Å². The van der Waals surface area contributed by atoms with Crippen molar-refractivity contribution in [2.75, 3.05) is 13.1 Å². The quantitative estimate of drug-likeness (QED) is 0.809. The number of phenols is 1. The molecule has 1 aromatic carbocycles. The zero-order chi connectivity index (χ0) is 11.4. The Hall–Kier alpha value is -1.55. The van der Waals surface area contributed by atoms with Crippen LogP contribution in [0.4, 0.5) is 0 Å². The average molecular weight is 220 g/mol. The van der Waals surface area contributed by atoms with Gasteiger partial charge in [-0.15, -0.1) is 0 Å². The van der Waals surface area contributed by atoms with Crippen molar-refractivity contribution in [3.63, 3.8) is 0 Å². The maximum atomic E-state index is 9.18. The highest BCUT2D eigenvalue weighted by Crippen LogP contribution is 2.25. The molecule has 0 aromatic heterocycles. The molecule has 0 aliphatic carbocycles. The number of benzene rings is 1. The standard InChI is InChI=1S/C12H16N2O2/c13-7-1-2-12-14-8-11(16-12)9-3-5-10(15)6-4-9/h3-6,11,15H,1-2,7-8,13H2. The lowest BCUT2D eigenvalue weighted by atomic mass is 10.1. The Morgan fingerprint density at radius 1 is 1.38 bits per heavy atom. The van der Waals surface area contributed by atoms with Gasteiger partial charge in [-0.1, -0.05) is 12.1 Å². The van der Waals surface area contributed by atoms with Crippen LogP contribution in [0.2, 0.25) is 0 Å². The number of rotatable bonds is 4. The molecule has 1 aromatic rings. The number of nitrogens with two attached hydrogens (primary N) is 1. The van der Waals surface area contributed by atoms with Gasteiger partial charge in [0.2, 0.25) is 0 Å². The van der Waals surface area contributed by atoms with E-state index in [-0.39, 0.29) is 11.9 Å². The molecule has 1 atom stereocenters. The molecule has 1 aliphatic heterocycles. The molecule has 0 fully saturated rings. The van der Waals surface area contributed by atoms with Crippen LogP contribution in [-0.4, -0.2) is 24.1 Å². The van der Waals surface area contributed by atoms with Gasteiger partial charge in [0.05, 0.1) is 6.54 Å². The van der Waals surface area contributed by atoms with Gasteiger partial charge in [0, 0.05) is 6.42 Å². The summed E-state index contributed by atoms with van der Waals surface area (Å²) in [5.74, 6) is 1.06. The second-order valence-corrected chi connectivity index (χ2v) is 3.82. The van der Waals surface area contributed by atoms with Crippen molar-refractivity contribution in [2.24, 2.45) is 10.7 Å². The Bertz CT molecular complexity index is 373. The van der Waals surface area contributed by atoms with E-state index in [1.165, 1.54) is 0 Å². The summed E-state index contributed by atoms with van der Waals surface area (Å²) >= 11 is 0. The monoisotopic (exact) mass is 220 g/mol. The number of aromatic hydroxyl groups is 1. The highest BCUT2D eigenvalue weighted by atomic mass is 16.5. The first-order chi connectivity index (χ1) is 7.79. The molecule has 86 valence electrons. The molecular formula is C12H16N2O2. The second kappa shape index (κ2) is 4.99. The minimum absolute atomic E-state index is 0.00613. The van der Waals surface area contributed by atoms with Gasteiger partial charge in [0.1, 0.15) is 11.9 Å². The SMILES string of the molecule is NCCCC1=NCC(c2ccc(O)cc2)O1. The number of aliphatic imine (C=N–C) groups is 1. The van der Waals surface area contributed by atoms with Gasteiger partial charge in [-0.25, -0.2) is 0 Å². The van der Waals surface area contributed by atoms with Crippen molar-refractivity contribution >= 4 is 5.90 Å². The summed E-state index contributed by atoms with van der Waals surface area (Å²) in [7, 11) is 0. The van der Waals surface area contributed by atoms with Crippen molar-refractivity contribution in [1.29, 1.82) is 0 Å². The van der Waals surface area contributed by atoms with Gasteiger partial charge >= 0.3 is 0 Å². The number of nitrogens with zero attached hydrogens (tertiary/aromatic N) is 1. The van der Waals surface area contributed by atoms with Gasteiger partial charge in [-0.05, 0) is 30.7 Å². The fraction of sp³-hybridized carbons (Fsp3) is 0.417. The molecule has 1 aliphatic rings. The Kier molecular flexibility index (Phi) is 3.41. The smallest absolute Gasteiger partial charge is 0.184 e. The normalized spacial score (nSPS) is 19.3. The van der Waals surface area contributed by atoms with Crippen molar-refractivity contribution in [3.8, 4) is 5.75 Å². The Labute approximate surface area is 94.8 Å². The first kappa shape index (κ1) is 11.0. The van der Waals surface area contributed by atoms with Crippen molar-refractivity contribution in [3.05, 3.63) is 29.8 Å². The van der Waals surface area contributed by atoms with Crippen LogP contribution in [0, 0.1) is 0 Å². The summed E-state index contributed by atoms with van der Waals surface area (Å²) < 4.78 is 5.70. The molecule has 0 amide bonds. The summed E-state index contributed by atoms with van der Waals surface area (Å²) in [6.07, 6.45) is 1.71. The summed E-state index contributed by atoms with van der Waals surface area (Å²) in [5.41, 5.74) is 6.48.